The first-order valence-corrected chi connectivity index (χ1v) is 16.4. The van der Waals surface area contributed by atoms with E-state index in [1.54, 1.807) is 18.9 Å². The Morgan fingerprint density at radius 2 is 2.10 bits per heavy atom. The van der Waals surface area contributed by atoms with Crippen molar-refractivity contribution in [3.05, 3.63) is 22.7 Å². The predicted molar refractivity (Wildman–Crippen MR) is 172 cm³/mol. The first-order valence-electron chi connectivity index (χ1n) is 14.9. The van der Waals surface area contributed by atoms with Crippen LogP contribution in [0.1, 0.15) is 95.6 Å². The van der Waals surface area contributed by atoms with Crippen molar-refractivity contribution in [2.75, 3.05) is 46.3 Å². The molecule has 0 aromatic carbocycles. The maximum absolute atomic E-state index is 11.6. The maximum Gasteiger partial charge on any atom is 0.222 e. The Morgan fingerprint density at radius 1 is 1.34 bits per heavy atom. The molecule has 3 heterocycles. The smallest absolute Gasteiger partial charge is 0.222 e. The number of ether oxygens (including phenoxy) is 3. The van der Waals surface area contributed by atoms with Crippen LogP contribution in [0, 0.1) is 5.92 Å². The van der Waals surface area contributed by atoms with E-state index < -0.39 is 0 Å². The Balaban J connectivity index is 0.000000711. The Hall–Kier alpha value is -1.66. The second-order valence-corrected chi connectivity index (χ2v) is 12.1. The highest BCUT2D eigenvalue weighted by Crippen LogP contribution is 2.34. The molecule has 3 atom stereocenters. The Kier molecular flexibility index (Phi) is 20.0. The number of methoxy groups -OCH3 is 1. The minimum atomic E-state index is -0.0243. The molecule has 1 unspecified atom stereocenters. The van der Waals surface area contributed by atoms with E-state index in [1.165, 1.54) is 0 Å². The molecule has 1 aromatic heterocycles. The summed E-state index contributed by atoms with van der Waals surface area (Å²) in [6.07, 6.45) is 6.91. The maximum atomic E-state index is 11.6. The van der Waals surface area contributed by atoms with Crippen molar-refractivity contribution in [2.45, 2.75) is 89.7 Å². The van der Waals surface area contributed by atoms with Gasteiger partial charge in [0.15, 0.2) is 11.6 Å². The standard InChI is InChI=1S/C23H38N4O4.C5H8OS2.C2H6/c1-5-7-17(12-28)20(24)22-26-21-18(9-11-29-4)14-30-15-19(21)23(27-22)31-13-16(2)8-6-10-25-3;6-4-2-1-3-8-5(4)7;1-2/h12,16,18,25H,5-11,13-15,24H2,1-4H3;5,7H,1-3H2;1-2H3/b20-17-;;/t16-,18-;;/m0../s1. The lowest BCUT2D eigenvalue weighted by Gasteiger charge is -2.27. The first-order chi connectivity index (χ1) is 19.9. The van der Waals surface area contributed by atoms with Crippen LogP contribution in [0.5, 0.6) is 5.88 Å². The minimum Gasteiger partial charge on any atom is -0.477 e. The largest absolute Gasteiger partial charge is 0.477 e. The van der Waals surface area contributed by atoms with E-state index in [1.807, 2.05) is 27.8 Å². The molecule has 0 spiro atoms. The molecule has 1 fully saturated rings. The summed E-state index contributed by atoms with van der Waals surface area (Å²) in [5.74, 6) is 2.71. The second-order valence-electron chi connectivity index (χ2n) is 9.97. The summed E-state index contributed by atoms with van der Waals surface area (Å²) in [6.45, 7) is 11.3. The quantitative estimate of drug-likeness (QED) is 0.112. The number of aromatic nitrogens is 2. The van der Waals surface area contributed by atoms with Crippen molar-refractivity contribution < 1.29 is 23.8 Å². The van der Waals surface area contributed by atoms with Gasteiger partial charge in [-0.05, 0) is 57.4 Å². The van der Waals surface area contributed by atoms with Crippen molar-refractivity contribution in [3.8, 4) is 5.88 Å². The first kappa shape index (κ1) is 37.4. The van der Waals surface area contributed by atoms with E-state index in [9.17, 15) is 9.59 Å². The van der Waals surface area contributed by atoms with Gasteiger partial charge in [0.25, 0.3) is 0 Å². The number of allylic oxidation sites excluding steroid dienone is 1. The molecule has 11 heteroatoms. The van der Waals surface area contributed by atoms with Gasteiger partial charge in [-0.15, -0.1) is 11.8 Å². The van der Waals surface area contributed by atoms with Crippen LogP contribution >= 0.6 is 24.4 Å². The number of carbonyl (C=O) groups excluding carboxylic acids is 2. The third kappa shape index (κ3) is 13.0. The van der Waals surface area contributed by atoms with E-state index >= 15 is 0 Å². The van der Waals surface area contributed by atoms with Crippen LogP contribution in [0.25, 0.3) is 5.70 Å². The summed E-state index contributed by atoms with van der Waals surface area (Å²) < 4.78 is 17.2. The van der Waals surface area contributed by atoms with Crippen molar-refractivity contribution in [1.82, 2.24) is 15.3 Å². The zero-order valence-corrected chi connectivity index (χ0v) is 27.6. The molecule has 0 bridgehead atoms. The molecular formula is C30H52N4O5S2. The van der Waals surface area contributed by atoms with Gasteiger partial charge in [0.2, 0.25) is 5.88 Å². The third-order valence-electron chi connectivity index (χ3n) is 6.62. The van der Waals surface area contributed by atoms with Gasteiger partial charge in [0, 0.05) is 31.6 Å². The van der Waals surface area contributed by atoms with Crippen LogP contribution in [-0.4, -0.2) is 72.9 Å². The summed E-state index contributed by atoms with van der Waals surface area (Å²) >= 11 is 5.71. The lowest BCUT2D eigenvalue weighted by Crippen LogP contribution is -2.24. The van der Waals surface area contributed by atoms with Crippen molar-refractivity contribution in [2.24, 2.45) is 11.7 Å². The molecule has 3 rings (SSSR count). The highest BCUT2D eigenvalue weighted by Gasteiger charge is 2.28. The van der Waals surface area contributed by atoms with Crippen LogP contribution in [0.4, 0.5) is 0 Å². The third-order valence-corrected chi connectivity index (χ3v) is 8.46. The number of thiol groups is 1. The van der Waals surface area contributed by atoms with Gasteiger partial charge in [-0.2, -0.15) is 17.6 Å². The topological polar surface area (TPSA) is 126 Å². The molecule has 3 N–H and O–H groups in total. The number of ketones is 1. The number of nitrogens with two attached hydrogens (primary N) is 1. The minimum absolute atomic E-state index is 0.0243. The zero-order valence-electron chi connectivity index (χ0n) is 25.9. The molecule has 0 amide bonds. The fourth-order valence-corrected chi connectivity index (χ4v) is 5.60. The number of thioether (sulfide) groups is 1. The lowest BCUT2D eigenvalue weighted by molar-refractivity contribution is -0.117. The molecule has 0 radical (unpaired) electrons. The molecule has 0 saturated carbocycles. The van der Waals surface area contributed by atoms with Gasteiger partial charge < -0.3 is 25.3 Å². The van der Waals surface area contributed by atoms with Gasteiger partial charge >= 0.3 is 0 Å². The van der Waals surface area contributed by atoms with Gasteiger partial charge in [-0.3, -0.25) is 9.59 Å². The number of fused-ring (bicyclic) bond motifs is 1. The van der Waals surface area contributed by atoms with E-state index in [4.69, 9.17) is 24.9 Å². The number of aldehydes is 1. The molecule has 9 nitrogen and oxygen atoms in total. The average molecular weight is 613 g/mol. The lowest BCUT2D eigenvalue weighted by atomic mass is 9.96. The highest BCUT2D eigenvalue weighted by atomic mass is 32.2. The number of nitrogens with one attached hydrogen (secondary N) is 1. The van der Waals surface area contributed by atoms with Crippen molar-refractivity contribution in [3.63, 3.8) is 0 Å². The molecule has 1 saturated heterocycles. The molecule has 2 aliphatic heterocycles. The molecular weight excluding hydrogens is 560 g/mol. The SMILES string of the molecule is CC.CCC/C(C=O)=C(/N)c1nc(OC[C@@H](C)CCCNC)c2c(n1)[C@@H](CCOC)COC2.O=C1CCCSC1S. The highest BCUT2D eigenvalue weighted by molar-refractivity contribution is 8.11. The van der Waals surface area contributed by atoms with Crippen LogP contribution < -0.4 is 15.8 Å². The van der Waals surface area contributed by atoms with E-state index in [2.05, 4.69) is 29.9 Å². The van der Waals surface area contributed by atoms with Crippen LogP contribution in [0.15, 0.2) is 5.57 Å². The number of carbonyl (C=O) groups is 2. The Morgan fingerprint density at radius 3 is 2.68 bits per heavy atom. The van der Waals surface area contributed by atoms with E-state index in [0.717, 1.165) is 68.4 Å². The predicted octanol–water partition coefficient (Wildman–Crippen LogP) is 5.17. The molecule has 2 aliphatic rings. The Labute approximate surface area is 257 Å². The summed E-state index contributed by atoms with van der Waals surface area (Å²) in [4.78, 5) is 31.7. The number of hydrogen-bond acceptors (Lipinski definition) is 11. The van der Waals surface area contributed by atoms with Gasteiger partial charge in [-0.25, -0.2) is 4.98 Å². The van der Waals surface area contributed by atoms with E-state index in [0.29, 0.717) is 67.5 Å². The number of hydrogen-bond donors (Lipinski definition) is 3. The summed E-state index contributed by atoms with van der Waals surface area (Å²) in [6, 6.07) is 0. The zero-order chi connectivity index (χ0) is 30.6. The molecule has 0 aliphatic carbocycles. The van der Waals surface area contributed by atoms with Gasteiger partial charge in [-0.1, -0.05) is 34.1 Å². The van der Waals surface area contributed by atoms with E-state index in [-0.39, 0.29) is 10.5 Å². The van der Waals surface area contributed by atoms with Crippen molar-refractivity contribution >= 4 is 42.2 Å². The van der Waals surface area contributed by atoms with Gasteiger partial charge in [0.05, 0.1) is 36.8 Å². The fourth-order valence-electron chi connectivity index (χ4n) is 4.31. The van der Waals surface area contributed by atoms with Gasteiger partial charge in [0.1, 0.15) is 10.9 Å². The van der Waals surface area contributed by atoms with Crippen molar-refractivity contribution in [1.29, 1.82) is 0 Å². The molecule has 1 aromatic rings. The number of nitrogens with zero attached hydrogens (tertiary/aromatic N) is 2. The van der Waals surface area contributed by atoms with Crippen LogP contribution in [0.2, 0.25) is 0 Å². The number of Topliss-reactive ketones (excluding diaryl/α,β-unsaturated/α-hetero) is 1. The molecule has 234 valence electrons. The Bertz CT molecular complexity index is 948. The monoisotopic (exact) mass is 612 g/mol. The van der Waals surface area contributed by atoms with Crippen LogP contribution in [-0.2, 0) is 25.7 Å². The summed E-state index contributed by atoms with van der Waals surface area (Å²) in [7, 11) is 3.64. The second kappa shape index (κ2) is 22.0. The number of rotatable bonds is 14. The molecule has 41 heavy (non-hydrogen) atoms. The van der Waals surface area contributed by atoms with Crippen LogP contribution in [0.3, 0.4) is 0 Å². The average Bonchev–Trinajstić information content (AvgIpc) is 3.00. The fraction of sp³-hybridized carbons (Fsp3) is 0.733. The summed E-state index contributed by atoms with van der Waals surface area (Å²) in [5, 5.41) is 3.17. The summed E-state index contributed by atoms with van der Waals surface area (Å²) in [5.41, 5.74) is 8.93. The normalized spacial score (nSPS) is 19.4.